The molecule has 0 aliphatic heterocycles. The molecule has 0 saturated carbocycles. The molecule has 26 heavy (non-hydrogen) atoms. The number of carbonyl (C=O) groups excluding carboxylic acids is 1. The van der Waals surface area contributed by atoms with Gasteiger partial charge in [-0.2, -0.15) is 0 Å². The van der Waals surface area contributed by atoms with Gasteiger partial charge in [0.2, 0.25) is 0 Å². The standard InChI is InChI=1S/C22H27NO3/c1-5-9-17-12-13-19(20(14-17)25-4)26-15-21(24)23-22(16(2)3)18-10-7-6-8-11-18/h5-8,10-14,16,22H,1,9,15H2,2-4H3,(H,23,24). The van der Waals surface area contributed by atoms with Crippen LogP contribution in [0, 0.1) is 5.92 Å². The zero-order valence-electron chi connectivity index (χ0n) is 15.7. The Morgan fingerprint density at radius 2 is 1.88 bits per heavy atom. The summed E-state index contributed by atoms with van der Waals surface area (Å²) in [6, 6.07) is 15.6. The van der Waals surface area contributed by atoms with Crippen LogP contribution in [0.5, 0.6) is 11.5 Å². The van der Waals surface area contributed by atoms with Gasteiger partial charge in [0.15, 0.2) is 18.1 Å². The van der Waals surface area contributed by atoms with E-state index in [1.165, 1.54) is 0 Å². The molecular formula is C22H27NO3. The lowest BCUT2D eigenvalue weighted by Crippen LogP contribution is -2.35. The first-order valence-corrected chi connectivity index (χ1v) is 8.80. The summed E-state index contributed by atoms with van der Waals surface area (Å²) in [4.78, 5) is 12.4. The van der Waals surface area contributed by atoms with Crippen LogP contribution in [0.3, 0.4) is 0 Å². The number of allylic oxidation sites excluding steroid dienone is 1. The van der Waals surface area contributed by atoms with Crippen LogP contribution in [-0.2, 0) is 11.2 Å². The molecule has 0 fully saturated rings. The van der Waals surface area contributed by atoms with E-state index in [0.29, 0.717) is 11.5 Å². The van der Waals surface area contributed by atoms with E-state index in [2.05, 4.69) is 25.7 Å². The van der Waals surface area contributed by atoms with Crippen LogP contribution in [0.4, 0.5) is 0 Å². The predicted octanol–water partition coefficient (Wildman–Crippen LogP) is 4.32. The zero-order valence-corrected chi connectivity index (χ0v) is 15.7. The van der Waals surface area contributed by atoms with E-state index in [0.717, 1.165) is 17.5 Å². The molecule has 4 nitrogen and oxygen atoms in total. The van der Waals surface area contributed by atoms with Crippen molar-refractivity contribution < 1.29 is 14.3 Å². The third kappa shape index (κ3) is 5.38. The van der Waals surface area contributed by atoms with Crippen molar-refractivity contribution >= 4 is 5.91 Å². The van der Waals surface area contributed by atoms with Crippen molar-refractivity contribution in [1.29, 1.82) is 0 Å². The molecule has 2 aromatic rings. The Morgan fingerprint density at radius 3 is 2.50 bits per heavy atom. The molecular weight excluding hydrogens is 326 g/mol. The monoisotopic (exact) mass is 353 g/mol. The van der Waals surface area contributed by atoms with Crippen molar-refractivity contribution in [2.24, 2.45) is 5.92 Å². The molecule has 0 aliphatic carbocycles. The minimum Gasteiger partial charge on any atom is -0.493 e. The summed E-state index contributed by atoms with van der Waals surface area (Å²) in [6.07, 6.45) is 2.59. The molecule has 4 heteroatoms. The normalized spacial score (nSPS) is 11.7. The highest BCUT2D eigenvalue weighted by molar-refractivity contribution is 5.78. The Labute approximate surface area is 155 Å². The number of amides is 1. The fourth-order valence-corrected chi connectivity index (χ4v) is 2.78. The summed E-state index contributed by atoms with van der Waals surface area (Å²) in [5.74, 6) is 1.27. The molecule has 0 heterocycles. The van der Waals surface area contributed by atoms with E-state index in [1.807, 2.05) is 54.6 Å². The van der Waals surface area contributed by atoms with Gasteiger partial charge in [-0.05, 0) is 35.6 Å². The van der Waals surface area contributed by atoms with Crippen LogP contribution in [0.2, 0.25) is 0 Å². The Balaban J connectivity index is 2.00. The van der Waals surface area contributed by atoms with Gasteiger partial charge < -0.3 is 14.8 Å². The van der Waals surface area contributed by atoms with E-state index in [-0.39, 0.29) is 24.5 Å². The molecule has 2 aromatic carbocycles. The molecule has 0 saturated heterocycles. The average molecular weight is 353 g/mol. The van der Waals surface area contributed by atoms with E-state index in [1.54, 1.807) is 7.11 Å². The minimum atomic E-state index is -0.162. The first-order chi connectivity index (χ1) is 12.5. The molecule has 0 aromatic heterocycles. The van der Waals surface area contributed by atoms with Crippen molar-refractivity contribution in [2.75, 3.05) is 13.7 Å². The fourth-order valence-electron chi connectivity index (χ4n) is 2.78. The summed E-state index contributed by atoms with van der Waals surface area (Å²) < 4.78 is 11.0. The number of benzene rings is 2. The number of nitrogens with one attached hydrogen (secondary N) is 1. The molecule has 138 valence electrons. The second-order valence-electron chi connectivity index (χ2n) is 6.47. The lowest BCUT2D eigenvalue weighted by Gasteiger charge is -2.23. The summed E-state index contributed by atoms with van der Waals surface area (Å²) in [7, 11) is 1.59. The molecule has 1 unspecified atom stereocenters. The smallest absolute Gasteiger partial charge is 0.258 e. The van der Waals surface area contributed by atoms with Crippen molar-refractivity contribution in [3.8, 4) is 11.5 Å². The Morgan fingerprint density at radius 1 is 1.15 bits per heavy atom. The lowest BCUT2D eigenvalue weighted by atomic mass is 9.96. The molecule has 0 bridgehead atoms. The van der Waals surface area contributed by atoms with Crippen molar-refractivity contribution in [2.45, 2.75) is 26.3 Å². The molecule has 0 radical (unpaired) electrons. The van der Waals surface area contributed by atoms with Gasteiger partial charge in [0.25, 0.3) is 5.91 Å². The van der Waals surface area contributed by atoms with Gasteiger partial charge in [0.05, 0.1) is 13.2 Å². The molecule has 1 amide bonds. The molecule has 0 aliphatic rings. The van der Waals surface area contributed by atoms with Gasteiger partial charge in [0.1, 0.15) is 0 Å². The number of hydrogen-bond donors (Lipinski definition) is 1. The van der Waals surface area contributed by atoms with Gasteiger partial charge in [0, 0.05) is 0 Å². The highest BCUT2D eigenvalue weighted by atomic mass is 16.5. The summed E-state index contributed by atoms with van der Waals surface area (Å²) in [6.45, 7) is 7.84. The van der Waals surface area contributed by atoms with E-state index >= 15 is 0 Å². The Bertz CT molecular complexity index is 725. The van der Waals surface area contributed by atoms with Crippen LogP contribution in [0.1, 0.15) is 31.0 Å². The predicted molar refractivity (Wildman–Crippen MR) is 105 cm³/mol. The SMILES string of the molecule is C=CCc1ccc(OCC(=O)NC(c2ccccc2)C(C)C)c(OC)c1. The number of hydrogen-bond acceptors (Lipinski definition) is 3. The Hall–Kier alpha value is -2.75. The lowest BCUT2D eigenvalue weighted by molar-refractivity contribution is -0.124. The van der Waals surface area contributed by atoms with Crippen LogP contribution < -0.4 is 14.8 Å². The van der Waals surface area contributed by atoms with Crippen molar-refractivity contribution in [3.05, 3.63) is 72.3 Å². The average Bonchev–Trinajstić information content (AvgIpc) is 2.65. The van der Waals surface area contributed by atoms with Gasteiger partial charge in [-0.3, -0.25) is 4.79 Å². The van der Waals surface area contributed by atoms with E-state index in [9.17, 15) is 4.79 Å². The molecule has 1 N–H and O–H groups in total. The maximum absolute atomic E-state index is 12.4. The second kappa shape index (κ2) is 9.66. The molecule has 1 atom stereocenters. The van der Waals surface area contributed by atoms with Crippen LogP contribution in [0.25, 0.3) is 0 Å². The van der Waals surface area contributed by atoms with Gasteiger partial charge >= 0.3 is 0 Å². The molecule has 0 spiro atoms. The number of methoxy groups -OCH3 is 1. The largest absolute Gasteiger partial charge is 0.493 e. The summed E-state index contributed by atoms with van der Waals surface area (Å²) in [5, 5.41) is 3.05. The van der Waals surface area contributed by atoms with E-state index < -0.39 is 0 Å². The second-order valence-corrected chi connectivity index (χ2v) is 6.47. The maximum atomic E-state index is 12.4. The van der Waals surface area contributed by atoms with Gasteiger partial charge in [-0.1, -0.05) is 56.3 Å². The van der Waals surface area contributed by atoms with Crippen molar-refractivity contribution in [3.63, 3.8) is 0 Å². The topological polar surface area (TPSA) is 47.6 Å². The highest BCUT2D eigenvalue weighted by Crippen LogP contribution is 2.28. The highest BCUT2D eigenvalue weighted by Gasteiger charge is 2.18. The van der Waals surface area contributed by atoms with Gasteiger partial charge in [-0.15, -0.1) is 6.58 Å². The van der Waals surface area contributed by atoms with Crippen LogP contribution >= 0.6 is 0 Å². The van der Waals surface area contributed by atoms with Crippen LogP contribution in [-0.4, -0.2) is 19.6 Å². The maximum Gasteiger partial charge on any atom is 0.258 e. The third-order valence-electron chi connectivity index (χ3n) is 4.11. The first kappa shape index (κ1) is 19.6. The van der Waals surface area contributed by atoms with Crippen LogP contribution in [0.15, 0.2) is 61.2 Å². The summed E-state index contributed by atoms with van der Waals surface area (Å²) >= 11 is 0. The number of rotatable bonds is 9. The van der Waals surface area contributed by atoms with Gasteiger partial charge in [-0.25, -0.2) is 0 Å². The quantitative estimate of drug-likeness (QED) is 0.683. The first-order valence-electron chi connectivity index (χ1n) is 8.80. The Kier molecular flexibility index (Phi) is 7.27. The summed E-state index contributed by atoms with van der Waals surface area (Å²) in [5.41, 5.74) is 2.17. The number of ether oxygens (including phenoxy) is 2. The third-order valence-corrected chi connectivity index (χ3v) is 4.11. The zero-order chi connectivity index (χ0) is 18.9. The fraction of sp³-hybridized carbons (Fsp3) is 0.318. The van der Waals surface area contributed by atoms with E-state index in [4.69, 9.17) is 9.47 Å². The number of carbonyl (C=O) groups is 1. The molecule has 2 rings (SSSR count). The minimum absolute atomic E-state index is 0.0517. The van der Waals surface area contributed by atoms with Crippen molar-refractivity contribution in [1.82, 2.24) is 5.32 Å².